The lowest BCUT2D eigenvalue weighted by atomic mass is 9.97. The van der Waals surface area contributed by atoms with E-state index in [1.165, 1.54) is 0 Å². The average Bonchev–Trinajstić information content (AvgIpc) is 2.80. The Morgan fingerprint density at radius 1 is 1.53 bits per heavy atom. The third-order valence-corrected chi connectivity index (χ3v) is 2.69. The maximum atomic E-state index is 11.7. The predicted octanol–water partition coefficient (Wildman–Crippen LogP) is 0.0255. The molecule has 82 valence electrons. The Kier molecular flexibility index (Phi) is 3.34. The second-order valence-corrected chi connectivity index (χ2v) is 3.78. The van der Waals surface area contributed by atoms with E-state index in [0.29, 0.717) is 6.54 Å². The number of carbonyl (C=O) groups is 1. The molecular formula is C10H16N4O. The summed E-state index contributed by atoms with van der Waals surface area (Å²) in [6.45, 7) is 2.38. The minimum atomic E-state index is 0.146. The molecule has 1 aromatic heterocycles. The van der Waals surface area contributed by atoms with Gasteiger partial charge in [0.15, 0.2) is 0 Å². The van der Waals surface area contributed by atoms with Crippen molar-refractivity contribution in [3.8, 4) is 0 Å². The minimum absolute atomic E-state index is 0.146. The molecule has 15 heavy (non-hydrogen) atoms. The van der Waals surface area contributed by atoms with Gasteiger partial charge in [-0.25, -0.2) is 4.98 Å². The number of hydrogen-bond donors (Lipinski definition) is 3. The number of amides is 1. The molecule has 1 aromatic rings. The van der Waals surface area contributed by atoms with E-state index in [4.69, 9.17) is 0 Å². The van der Waals surface area contributed by atoms with Crippen LogP contribution in [0.3, 0.4) is 0 Å². The average molecular weight is 208 g/mol. The van der Waals surface area contributed by atoms with Gasteiger partial charge in [-0.15, -0.1) is 0 Å². The van der Waals surface area contributed by atoms with Gasteiger partial charge in [0.05, 0.1) is 6.54 Å². The van der Waals surface area contributed by atoms with Crippen molar-refractivity contribution in [1.29, 1.82) is 0 Å². The Morgan fingerprint density at radius 2 is 2.33 bits per heavy atom. The number of nitrogens with zero attached hydrogens (tertiary/aromatic N) is 1. The van der Waals surface area contributed by atoms with Crippen LogP contribution in [-0.4, -0.2) is 29.0 Å². The van der Waals surface area contributed by atoms with Crippen molar-refractivity contribution < 1.29 is 4.79 Å². The Hall–Kier alpha value is -1.36. The summed E-state index contributed by atoms with van der Waals surface area (Å²) in [7, 11) is 0. The molecule has 0 atom stereocenters. The predicted molar refractivity (Wildman–Crippen MR) is 56.0 cm³/mol. The zero-order valence-electron chi connectivity index (χ0n) is 8.62. The highest BCUT2D eigenvalue weighted by molar-refractivity contribution is 5.78. The maximum Gasteiger partial charge on any atom is 0.223 e. The van der Waals surface area contributed by atoms with Crippen LogP contribution in [0.4, 0.5) is 0 Å². The first-order chi connectivity index (χ1) is 7.36. The molecule has 2 heterocycles. The highest BCUT2D eigenvalue weighted by Crippen LogP contribution is 2.11. The number of carbonyl (C=O) groups excluding carboxylic acids is 1. The zero-order valence-corrected chi connectivity index (χ0v) is 8.62. The number of aromatic nitrogens is 2. The summed E-state index contributed by atoms with van der Waals surface area (Å²) in [5.41, 5.74) is 0. The molecule has 0 spiro atoms. The van der Waals surface area contributed by atoms with E-state index in [2.05, 4.69) is 20.6 Å². The number of H-pyrrole nitrogens is 1. The maximum absolute atomic E-state index is 11.7. The molecule has 1 aliphatic rings. The van der Waals surface area contributed by atoms with E-state index in [9.17, 15) is 4.79 Å². The highest BCUT2D eigenvalue weighted by atomic mass is 16.1. The zero-order chi connectivity index (χ0) is 10.5. The monoisotopic (exact) mass is 208 g/mol. The molecule has 3 N–H and O–H groups in total. The second kappa shape index (κ2) is 4.93. The summed E-state index contributed by atoms with van der Waals surface area (Å²) < 4.78 is 0. The van der Waals surface area contributed by atoms with Gasteiger partial charge in [0.25, 0.3) is 0 Å². The summed E-state index contributed by atoms with van der Waals surface area (Å²) in [6.07, 6.45) is 5.31. The smallest absolute Gasteiger partial charge is 0.223 e. The van der Waals surface area contributed by atoms with Gasteiger partial charge in [0, 0.05) is 18.3 Å². The van der Waals surface area contributed by atoms with Crippen molar-refractivity contribution in [3.63, 3.8) is 0 Å². The van der Waals surface area contributed by atoms with Gasteiger partial charge >= 0.3 is 0 Å². The molecule has 1 saturated heterocycles. The van der Waals surface area contributed by atoms with E-state index in [1.807, 2.05) is 0 Å². The lowest BCUT2D eigenvalue weighted by Crippen LogP contribution is -2.38. The van der Waals surface area contributed by atoms with Gasteiger partial charge in [0.2, 0.25) is 5.91 Å². The van der Waals surface area contributed by atoms with Gasteiger partial charge in [0.1, 0.15) is 5.82 Å². The first-order valence-corrected chi connectivity index (χ1v) is 5.33. The van der Waals surface area contributed by atoms with E-state index in [1.54, 1.807) is 12.4 Å². The summed E-state index contributed by atoms with van der Waals surface area (Å²) in [5, 5.41) is 6.14. The van der Waals surface area contributed by atoms with Gasteiger partial charge in [-0.05, 0) is 25.9 Å². The summed E-state index contributed by atoms with van der Waals surface area (Å²) in [5.74, 6) is 1.12. The van der Waals surface area contributed by atoms with Gasteiger partial charge in [-0.1, -0.05) is 0 Å². The Bertz CT molecular complexity index is 303. The van der Waals surface area contributed by atoms with Gasteiger partial charge < -0.3 is 15.6 Å². The normalized spacial score (nSPS) is 17.6. The van der Waals surface area contributed by atoms with Crippen molar-refractivity contribution in [2.24, 2.45) is 5.92 Å². The molecule has 2 rings (SSSR count). The number of imidazole rings is 1. The second-order valence-electron chi connectivity index (χ2n) is 3.78. The largest absolute Gasteiger partial charge is 0.349 e. The van der Waals surface area contributed by atoms with Crippen LogP contribution in [0.15, 0.2) is 12.4 Å². The van der Waals surface area contributed by atoms with Crippen LogP contribution in [0.25, 0.3) is 0 Å². The van der Waals surface area contributed by atoms with Crippen LogP contribution in [-0.2, 0) is 11.3 Å². The molecule has 0 aromatic carbocycles. The number of hydrogen-bond acceptors (Lipinski definition) is 3. The summed E-state index contributed by atoms with van der Waals surface area (Å²) in [6, 6.07) is 0. The topological polar surface area (TPSA) is 69.8 Å². The van der Waals surface area contributed by atoms with Crippen LogP contribution in [0.2, 0.25) is 0 Å². The summed E-state index contributed by atoms with van der Waals surface area (Å²) >= 11 is 0. The fourth-order valence-electron chi connectivity index (χ4n) is 1.79. The molecule has 0 radical (unpaired) electrons. The molecule has 1 amide bonds. The lowest BCUT2D eigenvalue weighted by Gasteiger charge is -2.21. The molecule has 5 nitrogen and oxygen atoms in total. The fourth-order valence-corrected chi connectivity index (χ4v) is 1.79. The van der Waals surface area contributed by atoms with E-state index >= 15 is 0 Å². The van der Waals surface area contributed by atoms with Crippen LogP contribution in [0.5, 0.6) is 0 Å². The van der Waals surface area contributed by atoms with Crippen LogP contribution in [0, 0.1) is 5.92 Å². The molecule has 0 bridgehead atoms. The van der Waals surface area contributed by atoms with Crippen LogP contribution in [0.1, 0.15) is 18.7 Å². The summed E-state index contributed by atoms with van der Waals surface area (Å²) in [4.78, 5) is 18.7. The Morgan fingerprint density at radius 3 is 3.00 bits per heavy atom. The lowest BCUT2D eigenvalue weighted by molar-refractivity contribution is -0.125. The van der Waals surface area contributed by atoms with Gasteiger partial charge in [-0.2, -0.15) is 0 Å². The van der Waals surface area contributed by atoms with Gasteiger partial charge in [-0.3, -0.25) is 4.79 Å². The molecule has 1 fully saturated rings. The number of aromatic amines is 1. The SMILES string of the molecule is O=C(NCc1ncc[nH]1)C1CCNCC1. The molecule has 1 aliphatic heterocycles. The molecule has 0 aliphatic carbocycles. The van der Waals surface area contributed by atoms with Crippen molar-refractivity contribution in [2.75, 3.05) is 13.1 Å². The minimum Gasteiger partial charge on any atom is -0.349 e. The number of rotatable bonds is 3. The molecular weight excluding hydrogens is 192 g/mol. The van der Waals surface area contributed by atoms with E-state index in [0.717, 1.165) is 31.8 Å². The number of piperidine rings is 1. The van der Waals surface area contributed by atoms with Crippen LogP contribution < -0.4 is 10.6 Å². The highest BCUT2D eigenvalue weighted by Gasteiger charge is 2.20. The van der Waals surface area contributed by atoms with E-state index in [-0.39, 0.29) is 11.8 Å². The first kappa shape index (κ1) is 10.2. The van der Waals surface area contributed by atoms with Crippen LogP contribution >= 0.6 is 0 Å². The Labute approximate surface area is 88.7 Å². The molecule has 0 saturated carbocycles. The van der Waals surface area contributed by atoms with Crippen molar-refractivity contribution in [3.05, 3.63) is 18.2 Å². The van der Waals surface area contributed by atoms with Crippen molar-refractivity contribution >= 4 is 5.91 Å². The number of nitrogens with one attached hydrogen (secondary N) is 3. The molecule has 5 heteroatoms. The quantitative estimate of drug-likeness (QED) is 0.656. The van der Waals surface area contributed by atoms with Crippen molar-refractivity contribution in [1.82, 2.24) is 20.6 Å². The van der Waals surface area contributed by atoms with Crippen molar-refractivity contribution in [2.45, 2.75) is 19.4 Å². The Balaban J connectivity index is 1.76. The standard InChI is InChI=1S/C10H16N4O/c15-10(8-1-3-11-4-2-8)14-7-9-12-5-6-13-9/h5-6,8,11H,1-4,7H2,(H,12,13)(H,14,15). The van der Waals surface area contributed by atoms with E-state index < -0.39 is 0 Å². The fraction of sp³-hybridized carbons (Fsp3) is 0.600. The molecule has 0 unspecified atom stereocenters. The first-order valence-electron chi connectivity index (χ1n) is 5.33. The third kappa shape index (κ3) is 2.79. The third-order valence-electron chi connectivity index (χ3n) is 2.69.